The average molecular weight is 277 g/mol. The van der Waals surface area contributed by atoms with Gasteiger partial charge in [0.2, 0.25) is 0 Å². The number of hydrogen-bond donors (Lipinski definition) is 1. The normalized spacial score (nSPS) is 24.1. The van der Waals surface area contributed by atoms with E-state index in [1.54, 1.807) is 0 Å². The lowest BCUT2D eigenvalue weighted by atomic mass is 9.94. The molecule has 1 fully saturated rings. The van der Waals surface area contributed by atoms with E-state index in [2.05, 4.69) is 41.8 Å². The molecule has 1 saturated carbocycles. The summed E-state index contributed by atoms with van der Waals surface area (Å²) in [7, 11) is 0. The second kappa shape index (κ2) is 7.82. The molecule has 1 aromatic rings. The van der Waals surface area contributed by atoms with Crippen LogP contribution < -0.4 is 5.32 Å². The van der Waals surface area contributed by atoms with Crippen molar-refractivity contribution in [3.8, 4) is 0 Å². The summed E-state index contributed by atoms with van der Waals surface area (Å²) in [5, 5.41) is 3.79. The van der Waals surface area contributed by atoms with Crippen molar-refractivity contribution in [3.05, 3.63) is 18.2 Å². The number of rotatable bonds is 8. The Hall–Kier alpha value is -0.830. The summed E-state index contributed by atoms with van der Waals surface area (Å²) in [6.45, 7) is 9.10. The lowest BCUT2D eigenvalue weighted by molar-refractivity contribution is 0.340. The van der Waals surface area contributed by atoms with Crippen LogP contribution in [-0.2, 0) is 13.0 Å². The van der Waals surface area contributed by atoms with Crippen LogP contribution in [0.15, 0.2) is 12.4 Å². The summed E-state index contributed by atoms with van der Waals surface area (Å²) < 4.78 is 2.33. The Bertz CT molecular complexity index is 385. The zero-order valence-corrected chi connectivity index (χ0v) is 13.4. The van der Waals surface area contributed by atoms with Gasteiger partial charge >= 0.3 is 0 Å². The molecule has 3 heteroatoms. The van der Waals surface area contributed by atoms with Gasteiger partial charge in [-0.15, -0.1) is 0 Å². The van der Waals surface area contributed by atoms with Crippen LogP contribution in [0.3, 0.4) is 0 Å². The van der Waals surface area contributed by atoms with Crippen molar-refractivity contribution < 1.29 is 0 Å². The minimum absolute atomic E-state index is 0.609. The summed E-state index contributed by atoms with van der Waals surface area (Å²) in [4.78, 5) is 4.60. The predicted molar refractivity (Wildman–Crippen MR) is 84.8 cm³/mol. The Morgan fingerprint density at radius 1 is 1.35 bits per heavy atom. The SMILES string of the molecule is CCCNC(Cc1nccn1CCC)C1CCC(C)C1. The Morgan fingerprint density at radius 2 is 2.20 bits per heavy atom. The molecule has 3 atom stereocenters. The summed E-state index contributed by atoms with van der Waals surface area (Å²) >= 11 is 0. The van der Waals surface area contributed by atoms with E-state index >= 15 is 0 Å². The summed E-state index contributed by atoms with van der Waals surface area (Å²) in [6.07, 6.45) is 11.7. The van der Waals surface area contributed by atoms with E-state index in [1.165, 1.54) is 37.9 Å². The van der Waals surface area contributed by atoms with E-state index in [0.717, 1.165) is 31.3 Å². The highest BCUT2D eigenvalue weighted by molar-refractivity contribution is 4.98. The van der Waals surface area contributed by atoms with Crippen molar-refractivity contribution in [2.75, 3.05) is 6.54 Å². The fourth-order valence-electron chi connectivity index (χ4n) is 3.52. The van der Waals surface area contributed by atoms with Gasteiger partial charge in [0.05, 0.1) is 0 Å². The maximum absolute atomic E-state index is 4.60. The van der Waals surface area contributed by atoms with Crippen molar-refractivity contribution in [2.45, 2.75) is 71.9 Å². The lowest BCUT2D eigenvalue weighted by Crippen LogP contribution is -2.38. The van der Waals surface area contributed by atoms with Crippen LogP contribution in [0, 0.1) is 11.8 Å². The number of nitrogens with one attached hydrogen (secondary N) is 1. The van der Waals surface area contributed by atoms with Gasteiger partial charge in [-0.2, -0.15) is 0 Å². The molecule has 1 heterocycles. The first-order valence-corrected chi connectivity index (χ1v) is 8.48. The lowest BCUT2D eigenvalue weighted by Gasteiger charge is -2.25. The first-order valence-electron chi connectivity index (χ1n) is 8.48. The van der Waals surface area contributed by atoms with Gasteiger partial charge < -0.3 is 9.88 Å². The highest BCUT2D eigenvalue weighted by Crippen LogP contribution is 2.33. The fourth-order valence-corrected chi connectivity index (χ4v) is 3.52. The van der Waals surface area contributed by atoms with Gasteiger partial charge in [0.15, 0.2) is 0 Å². The van der Waals surface area contributed by atoms with Crippen LogP contribution in [0.4, 0.5) is 0 Å². The maximum Gasteiger partial charge on any atom is 0.110 e. The molecule has 0 saturated heterocycles. The average Bonchev–Trinajstić information content (AvgIpc) is 3.04. The molecule has 0 spiro atoms. The molecule has 0 radical (unpaired) electrons. The van der Waals surface area contributed by atoms with Crippen molar-refractivity contribution in [1.82, 2.24) is 14.9 Å². The third-order valence-electron chi connectivity index (χ3n) is 4.63. The smallest absolute Gasteiger partial charge is 0.110 e. The molecule has 0 amide bonds. The van der Waals surface area contributed by atoms with Crippen molar-refractivity contribution in [3.63, 3.8) is 0 Å². The Balaban J connectivity index is 2.00. The molecule has 1 aliphatic rings. The standard InChI is InChI=1S/C17H31N3/c1-4-8-18-16(15-7-6-14(3)12-15)13-17-19-9-11-20(17)10-5-2/h9,11,14-16,18H,4-8,10,12-13H2,1-3H3. The quantitative estimate of drug-likeness (QED) is 0.786. The molecular formula is C17H31N3. The molecular weight excluding hydrogens is 246 g/mol. The van der Waals surface area contributed by atoms with E-state index in [4.69, 9.17) is 0 Å². The van der Waals surface area contributed by atoms with Gasteiger partial charge in [-0.3, -0.25) is 0 Å². The second-order valence-corrected chi connectivity index (χ2v) is 6.48. The summed E-state index contributed by atoms with van der Waals surface area (Å²) in [5.41, 5.74) is 0. The molecule has 1 N–H and O–H groups in total. The van der Waals surface area contributed by atoms with Gasteiger partial charge in [0, 0.05) is 31.4 Å². The number of imidazole rings is 1. The molecule has 114 valence electrons. The molecule has 1 aliphatic carbocycles. The minimum atomic E-state index is 0.609. The van der Waals surface area contributed by atoms with Crippen LogP contribution in [-0.4, -0.2) is 22.1 Å². The number of nitrogens with zero attached hydrogens (tertiary/aromatic N) is 2. The molecule has 3 unspecified atom stereocenters. The maximum atomic E-state index is 4.60. The van der Waals surface area contributed by atoms with Gasteiger partial charge in [-0.05, 0) is 44.1 Å². The second-order valence-electron chi connectivity index (χ2n) is 6.48. The van der Waals surface area contributed by atoms with Crippen LogP contribution in [0.2, 0.25) is 0 Å². The van der Waals surface area contributed by atoms with Crippen molar-refractivity contribution in [2.24, 2.45) is 11.8 Å². The van der Waals surface area contributed by atoms with Gasteiger partial charge in [0.1, 0.15) is 5.82 Å². The fraction of sp³-hybridized carbons (Fsp3) is 0.824. The molecule has 1 aromatic heterocycles. The first-order chi connectivity index (χ1) is 9.74. The molecule has 2 rings (SSSR count). The number of aromatic nitrogens is 2. The topological polar surface area (TPSA) is 29.9 Å². The number of hydrogen-bond acceptors (Lipinski definition) is 2. The van der Waals surface area contributed by atoms with E-state index < -0.39 is 0 Å². The molecule has 0 aromatic carbocycles. The zero-order chi connectivity index (χ0) is 14.4. The van der Waals surface area contributed by atoms with E-state index in [9.17, 15) is 0 Å². The van der Waals surface area contributed by atoms with Gasteiger partial charge in [0.25, 0.3) is 0 Å². The molecule has 0 aliphatic heterocycles. The largest absolute Gasteiger partial charge is 0.335 e. The molecule has 0 bridgehead atoms. The van der Waals surface area contributed by atoms with Crippen molar-refractivity contribution >= 4 is 0 Å². The van der Waals surface area contributed by atoms with E-state index in [0.29, 0.717) is 6.04 Å². The highest BCUT2D eigenvalue weighted by Gasteiger charge is 2.29. The Labute approximate surface area is 124 Å². The van der Waals surface area contributed by atoms with Crippen LogP contribution >= 0.6 is 0 Å². The zero-order valence-electron chi connectivity index (χ0n) is 13.4. The highest BCUT2D eigenvalue weighted by atomic mass is 15.1. The Morgan fingerprint density at radius 3 is 2.85 bits per heavy atom. The third-order valence-corrected chi connectivity index (χ3v) is 4.63. The van der Waals surface area contributed by atoms with Crippen LogP contribution in [0.5, 0.6) is 0 Å². The summed E-state index contributed by atoms with van der Waals surface area (Å²) in [6, 6.07) is 0.609. The minimum Gasteiger partial charge on any atom is -0.335 e. The predicted octanol–water partition coefficient (Wildman–Crippen LogP) is 3.64. The molecule has 20 heavy (non-hydrogen) atoms. The first kappa shape index (κ1) is 15.6. The van der Waals surface area contributed by atoms with E-state index in [-0.39, 0.29) is 0 Å². The Kier molecular flexibility index (Phi) is 6.08. The van der Waals surface area contributed by atoms with Crippen LogP contribution in [0.25, 0.3) is 0 Å². The number of aryl methyl sites for hydroxylation is 1. The van der Waals surface area contributed by atoms with E-state index in [1.807, 2.05) is 6.20 Å². The van der Waals surface area contributed by atoms with Gasteiger partial charge in [-0.1, -0.05) is 27.2 Å². The van der Waals surface area contributed by atoms with Gasteiger partial charge in [-0.25, -0.2) is 4.98 Å². The van der Waals surface area contributed by atoms with Crippen molar-refractivity contribution in [1.29, 1.82) is 0 Å². The third kappa shape index (κ3) is 4.08. The monoisotopic (exact) mass is 277 g/mol. The van der Waals surface area contributed by atoms with Crippen LogP contribution in [0.1, 0.15) is 58.7 Å². The molecule has 3 nitrogen and oxygen atoms in total. The summed E-state index contributed by atoms with van der Waals surface area (Å²) in [5.74, 6) is 3.00.